The third-order valence-electron chi connectivity index (χ3n) is 8.32. The van der Waals surface area contributed by atoms with Crippen LogP contribution in [0.4, 0.5) is 0 Å². The average molecular weight is 550 g/mol. The summed E-state index contributed by atoms with van der Waals surface area (Å²) >= 11 is 0. The van der Waals surface area contributed by atoms with Crippen molar-refractivity contribution in [3.8, 4) is 11.9 Å². The Morgan fingerprint density at radius 3 is 2.83 bits per heavy atom. The van der Waals surface area contributed by atoms with Gasteiger partial charge in [-0.2, -0.15) is 5.26 Å². The van der Waals surface area contributed by atoms with Crippen LogP contribution in [0, 0.1) is 29.1 Å². The van der Waals surface area contributed by atoms with E-state index < -0.39 is 12.0 Å². The molecule has 4 aliphatic rings. The zero-order valence-corrected chi connectivity index (χ0v) is 23.0. The molecule has 2 saturated heterocycles. The maximum Gasteiger partial charge on any atom is 0.248 e. The van der Waals surface area contributed by atoms with Crippen molar-refractivity contribution in [2.45, 2.75) is 57.4 Å². The number of hydrogen-bond donors (Lipinski definition) is 2. The van der Waals surface area contributed by atoms with Crippen molar-refractivity contribution < 1.29 is 23.9 Å². The number of nitriles is 1. The van der Waals surface area contributed by atoms with Gasteiger partial charge in [0.15, 0.2) is 5.78 Å². The van der Waals surface area contributed by atoms with Crippen LogP contribution in [0.1, 0.15) is 56.1 Å². The molecule has 2 aliphatic carbocycles. The van der Waals surface area contributed by atoms with Gasteiger partial charge in [-0.15, -0.1) is 0 Å². The minimum Gasteiger partial charge on any atom is -0.476 e. The Hall–Kier alpha value is -3.29. The number of rotatable bonds is 13. The van der Waals surface area contributed by atoms with E-state index in [2.05, 4.69) is 26.6 Å². The summed E-state index contributed by atoms with van der Waals surface area (Å²) in [7, 11) is 0. The minimum atomic E-state index is -0.627. The van der Waals surface area contributed by atoms with Crippen LogP contribution in [0.2, 0.25) is 0 Å². The molecule has 2 aliphatic heterocycles. The molecular formula is C30H39N5O5. The number of hydrogen-bond acceptors (Lipinski definition) is 8. The molecule has 1 aromatic heterocycles. The van der Waals surface area contributed by atoms with Gasteiger partial charge in [0.2, 0.25) is 17.7 Å². The first-order valence-corrected chi connectivity index (χ1v) is 14.6. The molecule has 10 heteroatoms. The third-order valence-corrected chi connectivity index (χ3v) is 8.32. The highest BCUT2D eigenvalue weighted by atomic mass is 16.5. The highest BCUT2D eigenvalue weighted by molar-refractivity contribution is 6.02. The molecule has 0 bridgehead atoms. The summed E-state index contributed by atoms with van der Waals surface area (Å²) in [6.07, 6.45) is 8.80. The van der Waals surface area contributed by atoms with Gasteiger partial charge >= 0.3 is 0 Å². The second kappa shape index (κ2) is 13.4. The van der Waals surface area contributed by atoms with Crippen molar-refractivity contribution in [2.75, 3.05) is 46.0 Å². The van der Waals surface area contributed by atoms with Gasteiger partial charge in [0.05, 0.1) is 31.2 Å². The summed E-state index contributed by atoms with van der Waals surface area (Å²) in [5, 5.41) is 15.5. The predicted molar refractivity (Wildman–Crippen MR) is 147 cm³/mol. The fourth-order valence-electron chi connectivity index (χ4n) is 5.71. The zero-order valence-electron chi connectivity index (χ0n) is 23.0. The van der Waals surface area contributed by atoms with E-state index in [9.17, 15) is 19.6 Å². The fraction of sp³-hybridized carbons (Fsp3) is 0.633. The van der Waals surface area contributed by atoms with Gasteiger partial charge in [-0.25, -0.2) is 4.98 Å². The van der Waals surface area contributed by atoms with Crippen LogP contribution in [0.3, 0.4) is 0 Å². The highest BCUT2D eigenvalue weighted by Crippen LogP contribution is 2.35. The van der Waals surface area contributed by atoms with Crippen LogP contribution in [0.25, 0.3) is 6.08 Å². The number of aromatic nitrogens is 1. The molecule has 0 aromatic carbocycles. The zero-order chi connectivity index (χ0) is 27.9. The second-order valence-corrected chi connectivity index (χ2v) is 11.4. The molecule has 3 heterocycles. The van der Waals surface area contributed by atoms with E-state index in [1.807, 2.05) is 12.1 Å². The molecule has 0 spiro atoms. The topological polar surface area (TPSA) is 134 Å². The number of morpholine rings is 1. The van der Waals surface area contributed by atoms with Crippen LogP contribution in [0.15, 0.2) is 17.8 Å². The van der Waals surface area contributed by atoms with E-state index in [1.54, 1.807) is 6.20 Å². The van der Waals surface area contributed by atoms with Gasteiger partial charge in [0, 0.05) is 62.8 Å². The Kier molecular flexibility index (Phi) is 9.45. The monoisotopic (exact) mass is 549 g/mol. The summed E-state index contributed by atoms with van der Waals surface area (Å²) in [6.45, 7) is 5.31. The number of fused-ring (bicyclic) bond motifs is 1. The SMILES string of the molecule is N#C[C@@H](CC(=O)[C@H](CC1CC1)NC(=O)C1=Cc2cc(OCCN3CCOCC3)ncc2C1)C[C@@H]1CCCNC1=O. The molecule has 3 fully saturated rings. The van der Waals surface area contributed by atoms with Gasteiger partial charge in [-0.05, 0) is 48.8 Å². The smallest absolute Gasteiger partial charge is 0.248 e. The van der Waals surface area contributed by atoms with E-state index in [1.165, 1.54) is 0 Å². The lowest BCUT2D eigenvalue weighted by Crippen LogP contribution is -2.43. The summed E-state index contributed by atoms with van der Waals surface area (Å²) in [4.78, 5) is 45.4. The number of pyridine rings is 1. The first-order chi connectivity index (χ1) is 19.5. The Morgan fingerprint density at radius 1 is 1.25 bits per heavy atom. The number of carbonyl (C=O) groups excluding carboxylic acids is 3. The molecular weight excluding hydrogens is 510 g/mol. The number of ketones is 1. The maximum atomic E-state index is 13.3. The van der Waals surface area contributed by atoms with E-state index in [4.69, 9.17) is 9.47 Å². The molecule has 1 saturated carbocycles. The Labute approximate surface area is 235 Å². The number of piperidine rings is 1. The minimum absolute atomic E-state index is 0.0327. The summed E-state index contributed by atoms with van der Waals surface area (Å²) in [6, 6.07) is 3.47. The maximum absolute atomic E-state index is 13.3. The highest BCUT2D eigenvalue weighted by Gasteiger charge is 2.34. The van der Waals surface area contributed by atoms with Gasteiger partial charge in [-0.3, -0.25) is 19.3 Å². The van der Waals surface area contributed by atoms with E-state index in [0.717, 1.165) is 69.7 Å². The third kappa shape index (κ3) is 7.67. The lowest BCUT2D eigenvalue weighted by Gasteiger charge is -2.26. The molecule has 1 aromatic rings. The predicted octanol–water partition coefficient (Wildman–Crippen LogP) is 2.03. The van der Waals surface area contributed by atoms with E-state index in [0.29, 0.717) is 49.8 Å². The van der Waals surface area contributed by atoms with Gasteiger partial charge in [-0.1, -0.05) is 12.8 Å². The summed E-state index contributed by atoms with van der Waals surface area (Å²) < 4.78 is 11.2. The van der Waals surface area contributed by atoms with E-state index >= 15 is 0 Å². The Morgan fingerprint density at radius 2 is 2.08 bits per heavy atom. The van der Waals surface area contributed by atoms with Crippen LogP contribution in [-0.4, -0.2) is 79.5 Å². The first-order valence-electron chi connectivity index (χ1n) is 14.6. The standard InChI is InChI=1S/C30H39N5O5/c31-18-21(12-22-2-1-5-32-29(22)37)14-27(36)26(13-20-3-4-20)34-30(38)24-15-23-17-28(33-19-25(23)16-24)40-11-8-35-6-9-39-10-7-35/h15,17,19-22,26H,1-14,16H2,(H,32,37)(H,34,38)/t21-,22+,26+/m1/s1. The molecule has 3 atom stereocenters. The lowest BCUT2D eigenvalue weighted by molar-refractivity contribution is -0.128. The van der Waals surface area contributed by atoms with Crippen molar-refractivity contribution in [3.05, 3.63) is 29.0 Å². The summed E-state index contributed by atoms with van der Waals surface area (Å²) in [5.74, 6) is -0.234. The van der Waals surface area contributed by atoms with Crippen LogP contribution in [-0.2, 0) is 25.5 Å². The number of nitrogens with one attached hydrogen (secondary N) is 2. The van der Waals surface area contributed by atoms with Crippen molar-refractivity contribution in [1.29, 1.82) is 5.26 Å². The molecule has 0 unspecified atom stereocenters. The lowest BCUT2D eigenvalue weighted by atomic mass is 9.85. The van der Waals surface area contributed by atoms with Crippen molar-refractivity contribution in [2.24, 2.45) is 17.8 Å². The van der Waals surface area contributed by atoms with Crippen LogP contribution < -0.4 is 15.4 Å². The summed E-state index contributed by atoms with van der Waals surface area (Å²) in [5.41, 5.74) is 2.44. The molecule has 0 radical (unpaired) electrons. The first kappa shape index (κ1) is 28.2. The molecule has 2 amide bonds. The number of carbonyl (C=O) groups is 3. The van der Waals surface area contributed by atoms with Gasteiger partial charge in [0.1, 0.15) is 6.61 Å². The van der Waals surface area contributed by atoms with Gasteiger partial charge < -0.3 is 20.1 Å². The quantitative estimate of drug-likeness (QED) is 0.382. The molecule has 214 valence electrons. The molecule has 10 nitrogen and oxygen atoms in total. The Bertz CT molecular complexity index is 1170. The number of amides is 2. The molecule has 40 heavy (non-hydrogen) atoms. The largest absolute Gasteiger partial charge is 0.476 e. The molecule has 2 N–H and O–H groups in total. The normalized spacial score (nSPS) is 22.3. The van der Waals surface area contributed by atoms with Gasteiger partial charge in [0.25, 0.3) is 0 Å². The number of ether oxygens (including phenoxy) is 2. The average Bonchev–Trinajstić information content (AvgIpc) is 3.68. The van der Waals surface area contributed by atoms with Crippen molar-refractivity contribution in [3.63, 3.8) is 0 Å². The number of nitrogens with zero attached hydrogens (tertiary/aromatic N) is 3. The Balaban J connectivity index is 1.15. The fourth-order valence-corrected chi connectivity index (χ4v) is 5.71. The number of Topliss-reactive ketones (excluding diaryl/α,β-unsaturated/α-hetero) is 1. The van der Waals surface area contributed by atoms with Crippen LogP contribution >= 0.6 is 0 Å². The van der Waals surface area contributed by atoms with Crippen molar-refractivity contribution >= 4 is 23.7 Å². The van der Waals surface area contributed by atoms with Crippen molar-refractivity contribution in [1.82, 2.24) is 20.5 Å². The molecule has 5 rings (SSSR count). The van der Waals surface area contributed by atoms with E-state index in [-0.39, 0.29) is 29.9 Å². The van der Waals surface area contributed by atoms with Crippen LogP contribution in [0.5, 0.6) is 5.88 Å². The second-order valence-electron chi connectivity index (χ2n) is 11.4.